The number of carbonyl (C=O) groups is 1. The maximum atomic E-state index is 14.4. The van der Waals surface area contributed by atoms with Crippen molar-refractivity contribution >= 4 is 5.97 Å². The summed E-state index contributed by atoms with van der Waals surface area (Å²) in [6.07, 6.45) is 1.21. The normalized spacial score (nSPS) is 11.6. The summed E-state index contributed by atoms with van der Waals surface area (Å²) >= 11 is 0. The quantitative estimate of drug-likeness (QED) is 0.837. The Morgan fingerprint density at radius 1 is 1.16 bits per heavy atom. The molecule has 0 saturated carbocycles. The van der Waals surface area contributed by atoms with E-state index in [4.69, 9.17) is 0 Å². The third-order valence-corrected chi connectivity index (χ3v) is 4.31. The first-order valence-corrected chi connectivity index (χ1v) is 8.45. The molecule has 0 spiro atoms. The maximum Gasteiger partial charge on any atom is 0.335 e. The highest BCUT2D eigenvalue weighted by Gasteiger charge is 2.19. The molecule has 0 aliphatic heterocycles. The summed E-state index contributed by atoms with van der Waals surface area (Å²) in [4.78, 5) is 17.6. The molecule has 25 heavy (non-hydrogen) atoms. The molecule has 0 unspecified atom stereocenters. The Hall–Kier alpha value is -2.27. The van der Waals surface area contributed by atoms with Gasteiger partial charge in [0, 0.05) is 29.9 Å². The van der Waals surface area contributed by atoms with Crippen LogP contribution in [0.3, 0.4) is 0 Å². The molecule has 1 aromatic carbocycles. The van der Waals surface area contributed by atoms with Crippen molar-refractivity contribution in [2.45, 2.75) is 53.2 Å². The van der Waals surface area contributed by atoms with E-state index in [2.05, 4.69) is 37.6 Å². The molecule has 1 N–H and O–H groups in total. The Morgan fingerprint density at radius 2 is 1.80 bits per heavy atom. The molecule has 0 aliphatic rings. The lowest BCUT2D eigenvalue weighted by Gasteiger charge is -2.31. The van der Waals surface area contributed by atoms with Crippen molar-refractivity contribution in [3.63, 3.8) is 0 Å². The molecule has 0 atom stereocenters. The molecule has 0 amide bonds. The van der Waals surface area contributed by atoms with Crippen molar-refractivity contribution in [2.75, 3.05) is 0 Å². The van der Waals surface area contributed by atoms with Crippen molar-refractivity contribution in [1.29, 1.82) is 0 Å². The molecule has 2 aromatic rings. The number of carboxylic acid groups (broad SMARTS) is 1. The minimum Gasteiger partial charge on any atom is -0.478 e. The van der Waals surface area contributed by atoms with E-state index in [0.717, 1.165) is 5.56 Å². The van der Waals surface area contributed by atoms with Gasteiger partial charge < -0.3 is 5.11 Å². The smallest absolute Gasteiger partial charge is 0.335 e. The van der Waals surface area contributed by atoms with E-state index in [1.165, 1.54) is 12.3 Å². The molecule has 2 rings (SSSR count). The fourth-order valence-corrected chi connectivity index (χ4v) is 3.03. The molecule has 134 valence electrons. The summed E-state index contributed by atoms with van der Waals surface area (Å²) < 4.78 is 14.4. The van der Waals surface area contributed by atoms with Crippen molar-refractivity contribution in [2.24, 2.45) is 0 Å². The number of aryl methyl sites for hydroxylation is 1. The van der Waals surface area contributed by atoms with Crippen LogP contribution < -0.4 is 0 Å². The number of nitrogens with zero attached hydrogens (tertiary/aromatic N) is 2. The lowest BCUT2D eigenvalue weighted by Crippen LogP contribution is -2.36. The van der Waals surface area contributed by atoms with Gasteiger partial charge in [0.15, 0.2) is 0 Å². The molecule has 1 aromatic heterocycles. The maximum absolute atomic E-state index is 14.4. The zero-order chi connectivity index (χ0) is 18.7. The van der Waals surface area contributed by atoms with Crippen LogP contribution in [0.1, 0.15) is 49.3 Å². The second-order valence-corrected chi connectivity index (χ2v) is 6.84. The second kappa shape index (κ2) is 7.74. The van der Waals surface area contributed by atoms with E-state index >= 15 is 0 Å². The largest absolute Gasteiger partial charge is 0.478 e. The zero-order valence-electron chi connectivity index (χ0n) is 15.4. The van der Waals surface area contributed by atoms with Crippen LogP contribution in [0.15, 0.2) is 30.5 Å². The number of rotatable bonds is 6. The number of halogens is 1. The van der Waals surface area contributed by atoms with Crippen LogP contribution in [0, 0.1) is 12.7 Å². The van der Waals surface area contributed by atoms with Crippen molar-refractivity contribution in [3.05, 3.63) is 53.1 Å². The fourth-order valence-electron chi connectivity index (χ4n) is 3.03. The molecular formula is C20H25FN2O2. The Bertz CT molecular complexity index is 764. The number of carboxylic acids is 1. The molecule has 0 saturated heterocycles. The number of hydrogen-bond acceptors (Lipinski definition) is 3. The number of benzene rings is 1. The van der Waals surface area contributed by atoms with Gasteiger partial charge >= 0.3 is 5.97 Å². The third-order valence-electron chi connectivity index (χ3n) is 4.31. The number of pyridine rings is 1. The highest BCUT2D eigenvalue weighted by atomic mass is 19.1. The SMILES string of the molecule is Cc1cc(-c2ccc(C(=O)O)cc2CN(C(C)C)C(C)C)c(F)cn1. The van der Waals surface area contributed by atoms with Gasteiger partial charge in [-0.2, -0.15) is 0 Å². The minimum absolute atomic E-state index is 0.206. The Morgan fingerprint density at radius 3 is 2.36 bits per heavy atom. The monoisotopic (exact) mass is 344 g/mol. The van der Waals surface area contributed by atoms with Gasteiger partial charge in [-0.3, -0.25) is 9.88 Å². The summed E-state index contributed by atoms with van der Waals surface area (Å²) in [6, 6.07) is 7.12. The Balaban J connectivity index is 2.60. The fraction of sp³-hybridized carbons (Fsp3) is 0.400. The van der Waals surface area contributed by atoms with Crippen LogP contribution in [0.2, 0.25) is 0 Å². The molecule has 0 bridgehead atoms. The second-order valence-electron chi connectivity index (χ2n) is 6.84. The van der Waals surface area contributed by atoms with Gasteiger partial charge in [-0.05, 0) is 63.9 Å². The first-order chi connectivity index (χ1) is 11.7. The van der Waals surface area contributed by atoms with E-state index in [1.54, 1.807) is 18.2 Å². The van der Waals surface area contributed by atoms with Crippen LogP contribution >= 0.6 is 0 Å². The lowest BCUT2D eigenvalue weighted by molar-refractivity contribution is 0.0696. The van der Waals surface area contributed by atoms with Gasteiger partial charge in [-0.1, -0.05) is 6.07 Å². The predicted octanol–water partition coefficient (Wildman–Crippen LogP) is 4.51. The minimum atomic E-state index is -0.986. The molecule has 5 heteroatoms. The van der Waals surface area contributed by atoms with Crippen molar-refractivity contribution < 1.29 is 14.3 Å². The van der Waals surface area contributed by atoms with Crippen molar-refractivity contribution in [1.82, 2.24) is 9.88 Å². The molecule has 1 heterocycles. The van der Waals surface area contributed by atoms with Gasteiger partial charge in [0.05, 0.1) is 11.8 Å². The molecule has 4 nitrogen and oxygen atoms in total. The summed E-state index contributed by atoms with van der Waals surface area (Å²) in [5, 5.41) is 9.32. The van der Waals surface area contributed by atoms with E-state index < -0.39 is 11.8 Å². The van der Waals surface area contributed by atoms with Gasteiger partial charge in [-0.25, -0.2) is 9.18 Å². The lowest BCUT2D eigenvalue weighted by atomic mass is 9.96. The van der Waals surface area contributed by atoms with Crippen LogP contribution in [-0.2, 0) is 6.54 Å². The summed E-state index contributed by atoms with van der Waals surface area (Å²) in [5.74, 6) is -1.39. The first kappa shape index (κ1) is 19.1. The van der Waals surface area contributed by atoms with Gasteiger partial charge in [-0.15, -0.1) is 0 Å². The molecule has 0 aliphatic carbocycles. The summed E-state index contributed by atoms with van der Waals surface area (Å²) in [6.45, 7) is 10.7. The van der Waals surface area contributed by atoms with E-state index in [-0.39, 0.29) is 17.6 Å². The van der Waals surface area contributed by atoms with Gasteiger partial charge in [0.25, 0.3) is 0 Å². The number of aromatic nitrogens is 1. The van der Waals surface area contributed by atoms with Crippen LogP contribution in [0.5, 0.6) is 0 Å². The predicted molar refractivity (Wildman–Crippen MR) is 97.1 cm³/mol. The Kier molecular flexibility index (Phi) is 5.90. The zero-order valence-corrected chi connectivity index (χ0v) is 15.4. The van der Waals surface area contributed by atoms with E-state index in [0.29, 0.717) is 23.4 Å². The standard InChI is InChI=1S/C20H25FN2O2/c1-12(2)23(13(3)4)11-16-9-15(20(24)25)6-7-17(16)18-8-14(5)22-10-19(18)21/h6-10,12-13H,11H2,1-5H3,(H,24,25). The van der Waals surface area contributed by atoms with Crippen molar-refractivity contribution in [3.8, 4) is 11.1 Å². The van der Waals surface area contributed by atoms with Crippen LogP contribution in [0.25, 0.3) is 11.1 Å². The summed E-state index contributed by atoms with van der Waals surface area (Å²) in [7, 11) is 0. The third kappa shape index (κ3) is 4.42. The Labute approximate surface area is 148 Å². The van der Waals surface area contributed by atoms with Crippen LogP contribution in [-0.4, -0.2) is 33.0 Å². The average molecular weight is 344 g/mol. The number of aromatic carboxylic acids is 1. The highest BCUT2D eigenvalue weighted by molar-refractivity contribution is 5.89. The number of hydrogen-bond donors (Lipinski definition) is 1. The van der Waals surface area contributed by atoms with E-state index in [1.807, 2.05) is 6.92 Å². The van der Waals surface area contributed by atoms with Crippen LogP contribution in [0.4, 0.5) is 4.39 Å². The van der Waals surface area contributed by atoms with Gasteiger partial charge in [0.1, 0.15) is 5.82 Å². The molecule has 0 radical (unpaired) electrons. The topological polar surface area (TPSA) is 53.4 Å². The first-order valence-electron chi connectivity index (χ1n) is 8.45. The molecular weight excluding hydrogens is 319 g/mol. The summed E-state index contributed by atoms with van der Waals surface area (Å²) in [5.41, 5.74) is 2.88. The average Bonchev–Trinajstić information content (AvgIpc) is 2.54. The molecule has 0 fully saturated rings. The van der Waals surface area contributed by atoms with Gasteiger partial charge in [0.2, 0.25) is 0 Å². The van der Waals surface area contributed by atoms with E-state index in [9.17, 15) is 14.3 Å². The highest BCUT2D eigenvalue weighted by Crippen LogP contribution is 2.29.